The number of piperazine rings is 1. The van der Waals surface area contributed by atoms with E-state index in [1.165, 1.54) is 0 Å². The molecule has 1 aromatic carbocycles. The number of benzene rings is 1. The minimum Gasteiger partial charge on any atom is -0.342 e. The number of halogens is 1. The number of rotatable bonds is 2. The molecule has 1 unspecified atom stereocenters. The van der Waals surface area contributed by atoms with Gasteiger partial charge >= 0.3 is 0 Å². The Hall–Kier alpha value is -1.11. The van der Waals surface area contributed by atoms with Crippen molar-refractivity contribution in [2.24, 2.45) is 5.92 Å². The fourth-order valence-electron chi connectivity index (χ4n) is 1.96. The lowest BCUT2D eigenvalue weighted by Crippen LogP contribution is -2.60. The monoisotopic (exact) mass is 358 g/mol. The lowest BCUT2D eigenvalue weighted by molar-refractivity contribution is -0.132. The SMILES string of the molecule is CC(C)C1NC(=O)CN(c2ccc(I)cc2)C1=O. The lowest BCUT2D eigenvalue weighted by Gasteiger charge is -2.34. The van der Waals surface area contributed by atoms with Crippen molar-refractivity contribution in [2.45, 2.75) is 19.9 Å². The van der Waals surface area contributed by atoms with Crippen LogP contribution in [0.4, 0.5) is 5.69 Å². The number of carbonyl (C=O) groups is 2. The Labute approximate surface area is 120 Å². The van der Waals surface area contributed by atoms with Gasteiger partial charge in [-0.1, -0.05) is 13.8 Å². The number of nitrogens with zero attached hydrogens (tertiary/aromatic N) is 1. The first-order valence-electron chi connectivity index (χ1n) is 5.85. The zero-order valence-corrected chi connectivity index (χ0v) is 12.5. The van der Waals surface area contributed by atoms with E-state index in [-0.39, 0.29) is 24.3 Å². The molecular formula is C13H15IN2O2. The summed E-state index contributed by atoms with van der Waals surface area (Å²) < 4.78 is 1.10. The second-order valence-electron chi connectivity index (χ2n) is 4.69. The van der Waals surface area contributed by atoms with E-state index in [1.807, 2.05) is 38.1 Å². The van der Waals surface area contributed by atoms with Crippen LogP contribution in [0.15, 0.2) is 24.3 Å². The van der Waals surface area contributed by atoms with Crippen molar-refractivity contribution in [3.8, 4) is 0 Å². The molecule has 1 aromatic rings. The largest absolute Gasteiger partial charge is 0.342 e. The first-order chi connectivity index (χ1) is 8.49. The molecule has 0 bridgehead atoms. The van der Waals surface area contributed by atoms with E-state index in [4.69, 9.17) is 0 Å². The van der Waals surface area contributed by atoms with Gasteiger partial charge in [-0.05, 0) is 52.8 Å². The standard InChI is InChI=1S/C13H15IN2O2/c1-8(2)12-13(18)16(7-11(17)15-12)10-5-3-9(14)4-6-10/h3-6,8,12H,7H2,1-2H3,(H,15,17). The van der Waals surface area contributed by atoms with E-state index in [0.29, 0.717) is 0 Å². The topological polar surface area (TPSA) is 49.4 Å². The molecule has 5 heteroatoms. The molecule has 0 aliphatic carbocycles. The van der Waals surface area contributed by atoms with E-state index >= 15 is 0 Å². The van der Waals surface area contributed by atoms with Crippen LogP contribution in [0.1, 0.15) is 13.8 Å². The van der Waals surface area contributed by atoms with Gasteiger partial charge in [-0.3, -0.25) is 9.59 Å². The molecule has 2 rings (SSSR count). The van der Waals surface area contributed by atoms with Crippen LogP contribution in [0.2, 0.25) is 0 Å². The molecule has 18 heavy (non-hydrogen) atoms. The van der Waals surface area contributed by atoms with Crippen LogP contribution in [0.3, 0.4) is 0 Å². The van der Waals surface area contributed by atoms with Crippen LogP contribution in [0.25, 0.3) is 0 Å². The first kappa shape index (κ1) is 13.3. The predicted octanol–water partition coefficient (Wildman–Crippen LogP) is 1.78. The molecule has 4 nitrogen and oxygen atoms in total. The highest BCUT2D eigenvalue weighted by Gasteiger charge is 2.35. The van der Waals surface area contributed by atoms with Crippen molar-refractivity contribution in [1.82, 2.24) is 5.32 Å². The van der Waals surface area contributed by atoms with Crippen molar-refractivity contribution in [2.75, 3.05) is 11.4 Å². The number of hydrogen-bond acceptors (Lipinski definition) is 2. The molecule has 2 amide bonds. The fourth-order valence-corrected chi connectivity index (χ4v) is 2.32. The van der Waals surface area contributed by atoms with Gasteiger partial charge in [0.2, 0.25) is 11.8 Å². The molecule has 1 heterocycles. The quantitative estimate of drug-likeness (QED) is 0.820. The molecule has 1 N–H and O–H groups in total. The Bertz CT molecular complexity index is 470. The maximum atomic E-state index is 12.3. The third kappa shape index (κ3) is 2.66. The molecule has 0 aromatic heterocycles. The zero-order valence-electron chi connectivity index (χ0n) is 10.3. The molecular weight excluding hydrogens is 343 g/mol. The van der Waals surface area contributed by atoms with Gasteiger partial charge < -0.3 is 10.2 Å². The van der Waals surface area contributed by atoms with Crippen molar-refractivity contribution >= 4 is 40.1 Å². The number of carbonyl (C=O) groups excluding carboxylic acids is 2. The minimum atomic E-state index is -0.425. The van der Waals surface area contributed by atoms with Gasteiger partial charge in [-0.15, -0.1) is 0 Å². The van der Waals surface area contributed by atoms with E-state index in [2.05, 4.69) is 27.9 Å². The van der Waals surface area contributed by atoms with Gasteiger partial charge in [0.05, 0.1) is 0 Å². The molecule has 0 saturated carbocycles. The van der Waals surface area contributed by atoms with Gasteiger partial charge in [0.25, 0.3) is 0 Å². The summed E-state index contributed by atoms with van der Waals surface area (Å²) >= 11 is 2.21. The average Bonchev–Trinajstić information content (AvgIpc) is 2.32. The van der Waals surface area contributed by atoms with E-state index in [0.717, 1.165) is 9.26 Å². The lowest BCUT2D eigenvalue weighted by atomic mass is 10.0. The van der Waals surface area contributed by atoms with E-state index in [1.54, 1.807) is 4.90 Å². The Morgan fingerprint density at radius 3 is 2.44 bits per heavy atom. The van der Waals surface area contributed by atoms with Gasteiger partial charge in [-0.25, -0.2) is 0 Å². The summed E-state index contributed by atoms with van der Waals surface area (Å²) in [4.78, 5) is 25.5. The van der Waals surface area contributed by atoms with E-state index in [9.17, 15) is 9.59 Å². The van der Waals surface area contributed by atoms with Gasteiger partial charge in [0.15, 0.2) is 0 Å². The smallest absolute Gasteiger partial charge is 0.250 e. The second kappa shape index (κ2) is 5.26. The first-order valence-corrected chi connectivity index (χ1v) is 6.93. The Balaban J connectivity index is 2.28. The highest BCUT2D eigenvalue weighted by Crippen LogP contribution is 2.20. The van der Waals surface area contributed by atoms with Crippen LogP contribution in [0.5, 0.6) is 0 Å². The highest BCUT2D eigenvalue weighted by molar-refractivity contribution is 14.1. The predicted molar refractivity (Wildman–Crippen MR) is 78.3 cm³/mol. The number of nitrogens with one attached hydrogen (secondary N) is 1. The number of amides is 2. The third-order valence-electron chi connectivity index (χ3n) is 2.96. The molecule has 1 fully saturated rings. The van der Waals surface area contributed by atoms with Gasteiger partial charge in [-0.2, -0.15) is 0 Å². The third-order valence-corrected chi connectivity index (χ3v) is 3.67. The fraction of sp³-hybridized carbons (Fsp3) is 0.385. The van der Waals surface area contributed by atoms with Crippen LogP contribution in [0, 0.1) is 9.49 Å². The van der Waals surface area contributed by atoms with Gasteiger partial charge in [0.1, 0.15) is 12.6 Å². The maximum Gasteiger partial charge on any atom is 0.250 e. The van der Waals surface area contributed by atoms with Crippen LogP contribution in [-0.4, -0.2) is 24.4 Å². The molecule has 1 aliphatic heterocycles. The van der Waals surface area contributed by atoms with Crippen molar-refractivity contribution < 1.29 is 9.59 Å². The molecule has 1 atom stereocenters. The van der Waals surface area contributed by atoms with Crippen molar-refractivity contribution in [3.05, 3.63) is 27.8 Å². The second-order valence-corrected chi connectivity index (χ2v) is 5.94. The molecule has 0 radical (unpaired) electrons. The van der Waals surface area contributed by atoms with Crippen LogP contribution < -0.4 is 10.2 Å². The van der Waals surface area contributed by atoms with Crippen molar-refractivity contribution in [1.29, 1.82) is 0 Å². The Morgan fingerprint density at radius 2 is 1.89 bits per heavy atom. The summed E-state index contributed by atoms with van der Waals surface area (Å²) in [6, 6.07) is 7.18. The maximum absolute atomic E-state index is 12.3. The molecule has 96 valence electrons. The van der Waals surface area contributed by atoms with Crippen LogP contribution in [-0.2, 0) is 9.59 Å². The normalized spacial score (nSPS) is 20.2. The zero-order chi connectivity index (χ0) is 13.3. The van der Waals surface area contributed by atoms with E-state index < -0.39 is 6.04 Å². The number of hydrogen-bond donors (Lipinski definition) is 1. The number of anilines is 1. The summed E-state index contributed by atoms with van der Waals surface area (Å²) in [7, 11) is 0. The highest BCUT2D eigenvalue weighted by atomic mass is 127. The van der Waals surface area contributed by atoms with Gasteiger partial charge in [0, 0.05) is 9.26 Å². The molecule has 1 saturated heterocycles. The molecule has 0 spiro atoms. The average molecular weight is 358 g/mol. The summed E-state index contributed by atoms with van der Waals surface area (Å²) in [5.74, 6) is -0.0502. The summed E-state index contributed by atoms with van der Waals surface area (Å²) in [6.45, 7) is 3.96. The summed E-state index contributed by atoms with van der Waals surface area (Å²) in [5, 5.41) is 2.75. The van der Waals surface area contributed by atoms with Crippen LogP contribution >= 0.6 is 22.6 Å². The summed E-state index contributed by atoms with van der Waals surface area (Å²) in [6.07, 6.45) is 0. The minimum absolute atomic E-state index is 0.0363. The summed E-state index contributed by atoms with van der Waals surface area (Å²) in [5.41, 5.74) is 0.779. The van der Waals surface area contributed by atoms with Crippen molar-refractivity contribution in [3.63, 3.8) is 0 Å². The molecule has 1 aliphatic rings. The Morgan fingerprint density at radius 1 is 1.28 bits per heavy atom. The Kier molecular flexibility index (Phi) is 3.89.